The third kappa shape index (κ3) is 3.83. The maximum absolute atomic E-state index is 8.90. The summed E-state index contributed by atoms with van der Waals surface area (Å²) in [4.78, 5) is 0. The highest BCUT2D eigenvalue weighted by Gasteiger charge is 2.06. The molecule has 0 bridgehead atoms. The molecule has 90 valence electrons. The van der Waals surface area contributed by atoms with Crippen LogP contribution >= 0.6 is 0 Å². The summed E-state index contributed by atoms with van der Waals surface area (Å²) < 4.78 is 5.28. The van der Waals surface area contributed by atoms with Crippen LogP contribution in [0.25, 0.3) is 0 Å². The Bertz CT molecular complexity index is 302. The van der Waals surface area contributed by atoms with Crippen molar-refractivity contribution < 1.29 is 9.84 Å². The van der Waals surface area contributed by atoms with Gasteiger partial charge in [-0.1, -0.05) is 25.1 Å². The van der Waals surface area contributed by atoms with Crippen molar-refractivity contribution in [3.05, 3.63) is 29.8 Å². The summed E-state index contributed by atoms with van der Waals surface area (Å²) in [5.41, 5.74) is 1.15. The Morgan fingerprint density at radius 2 is 2.12 bits per heavy atom. The summed E-state index contributed by atoms with van der Waals surface area (Å²) in [6.07, 6.45) is 1.82. The van der Waals surface area contributed by atoms with Crippen LogP contribution in [-0.2, 0) is 6.54 Å². The van der Waals surface area contributed by atoms with Gasteiger partial charge in [-0.15, -0.1) is 0 Å². The third-order valence-electron chi connectivity index (χ3n) is 2.74. The normalized spacial score (nSPS) is 12.4. The molecule has 1 aromatic carbocycles. The minimum Gasteiger partial charge on any atom is -0.496 e. The van der Waals surface area contributed by atoms with Crippen LogP contribution < -0.4 is 10.1 Å². The Morgan fingerprint density at radius 1 is 1.38 bits per heavy atom. The third-order valence-corrected chi connectivity index (χ3v) is 2.74. The lowest BCUT2D eigenvalue weighted by atomic mass is 10.1. The standard InChI is InChI=1S/C13H21NO2/c1-3-12(8-9-15)14-10-11-6-4-5-7-13(11)16-2/h4-7,12,14-15H,3,8-10H2,1-2H3. The van der Waals surface area contributed by atoms with Crippen LogP contribution in [0.3, 0.4) is 0 Å². The highest BCUT2D eigenvalue weighted by Crippen LogP contribution is 2.17. The maximum atomic E-state index is 8.90. The fourth-order valence-corrected chi connectivity index (χ4v) is 1.71. The van der Waals surface area contributed by atoms with Crippen LogP contribution in [0, 0.1) is 0 Å². The molecule has 0 saturated heterocycles. The van der Waals surface area contributed by atoms with Crippen molar-refractivity contribution in [3.8, 4) is 5.75 Å². The summed E-state index contributed by atoms with van der Waals surface area (Å²) in [6, 6.07) is 8.36. The number of rotatable bonds is 7. The predicted molar refractivity (Wildman–Crippen MR) is 65.6 cm³/mol. The van der Waals surface area contributed by atoms with Gasteiger partial charge in [0.05, 0.1) is 7.11 Å². The number of nitrogens with one attached hydrogen (secondary N) is 1. The maximum Gasteiger partial charge on any atom is 0.123 e. The van der Waals surface area contributed by atoms with Gasteiger partial charge >= 0.3 is 0 Å². The Kier molecular flexibility index (Phi) is 5.90. The number of methoxy groups -OCH3 is 1. The molecule has 1 aromatic rings. The van der Waals surface area contributed by atoms with Gasteiger partial charge in [0.25, 0.3) is 0 Å². The lowest BCUT2D eigenvalue weighted by Gasteiger charge is -2.16. The summed E-state index contributed by atoms with van der Waals surface area (Å²) in [5, 5.41) is 12.3. The van der Waals surface area contributed by atoms with Gasteiger partial charge in [-0.3, -0.25) is 0 Å². The zero-order chi connectivity index (χ0) is 11.8. The van der Waals surface area contributed by atoms with E-state index in [0.29, 0.717) is 6.04 Å². The number of aliphatic hydroxyl groups excluding tert-OH is 1. The van der Waals surface area contributed by atoms with Crippen molar-refractivity contribution in [2.45, 2.75) is 32.4 Å². The molecule has 0 aliphatic carbocycles. The van der Waals surface area contributed by atoms with Gasteiger partial charge in [0.1, 0.15) is 5.75 Å². The Hall–Kier alpha value is -1.06. The topological polar surface area (TPSA) is 41.5 Å². The van der Waals surface area contributed by atoms with E-state index in [0.717, 1.165) is 30.7 Å². The molecule has 3 heteroatoms. The van der Waals surface area contributed by atoms with Gasteiger partial charge < -0.3 is 15.2 Å². The molecule has 0 radical (unpaired) electrons. The van der Waals surface area contributed by atoms with Crippen LogP contribution in [0.15, 0.2) is 24.3 Å². The van der Waals surface area contributed by atoms with E-state index < -0.39 is 0 Å². The minimum absolute atomic E-state index is 0.234. The predicted octanol–water partition coefficient (Wildman–Crippen LogP) is 1.95. The highest BCUT2D eigenvalue weighted by atomic mass is 16.5. The quantitative estimate of drug-likeness (QED) is 0.742. The molecule has 0 spiro atoms. The number of aliphatic hydroxyl groups is 1. The second-order valence-corrected chi connectivity index (χ2v) is 3.81. The zero-order valence-corrected chi connectivity index (χ0v) is 10.1. The molecule has 0 fully saturated rings. The van der Waals surface area contributed by atoms with Gasteiger partial charge in [-0.25, -0.2) is 0 Å². The van der Waals surface area contributed by atoms with E-state index in [9.17, 15) is 0 Å². The first-order valence-corrected chi connectivity index (χ1v) is 5.78. The number of hydrogen-bond donors (Lipinski definition) is 2. The van der Waals surface area contributed by atoms with E-state index in [-0.39, 0.29) is 6.61 Å². The minimum atomic E-state index is 0.234. The van der Waals surface area contributed by atoms with Gasteiger partial charge in [-0.05, 0) is 18.9 Å². The molecule has 16 heavy (non-hydrogen) atoms. The van der Waals surface area contributed by atoms with E-state index in [1.54, 1.807) is 7.11 Å². The lowest BCUT2D eigenvalue weighted by Crippen LogP contribution is -2.28. The lowest BCUT2D eigenvalue weighted by molar-refractivity contribution is 0.261. The average molecular weight is 223 g/mol. The van der Waals surface area contributed by atoms with Crippen LogP contribution in [0.4, 0.5) is 0 Å². The monoisotopic (exact) mass is 223 g/mol. The number of para-hydroxylation sites is 1. The first kappa shape index (κ1) is 13.0. The van der Waals surface area contributed by atoms with Gasteiger partial charge in [0, 0.05) is 24.8 Å². The molecular weight excluding hydrogens is 202 g/mol. The zero-order valence-electron chi connectivity index (χ0n) is 10.1. The molecule has 0 heterocycles. The molecule has 1 unspecified atom stereocenters. The van der Waals surface area contributed by atoms with Crippen molar-refractivity contribution in [1.29, 1.82) is 0 Å². The van der Waals surface area contributed by atoms with Gasteiger partial charge in [0.15, 0.2) is 0 Å². The van der Waals surface area contributed by atoms with Crippen molar-refractivity contribution in [2.75, 3.05) is 13.7 Å². The first-order chi connectivity index (χ1) is 7.81. The SMILES string of the molecule is CCC(CCO)NCc1ccccc1OC. The van der Waals surface area contributed by atoms with Crippen LogP contribution in [0.2, 0.25) is 0 Å². The van der Waals surface area contributed by atoms with E-state index in [4.69, 9.17) is 9.84 Å². The first-order valence-electron chi connectivity index (χ1n) is 5.78. The fourth-order valence-electron chi connectivity index (χ4n) is 1.71. The Balaban J connectivity index is 2.52. The number of benzene rings is 1. The summed E-state index contributed by atoms with van der Waals surface area (Å²) in [6.45, 7) is 3.13. The molecule has 1 atom stereocenters. The smallest absolute Gasteiger partial charge is 0.123 e. The molecule has 0 aromatic heterocycles. The van der Waals surface area contributed by atoms with Crippen molar-refractivity contribution in [2.24, 2.45) is 0 Å². The molecule has 2 N–H and O–H groups in total. The van der Waals surface area contributed by atoms with Crippen molar-refractivity contribution in [3.63, 3.8) is 0 Å². The van der Waals surface area contributed by atoms with Crippen LogP contribution in [0.5, 0.6) is 5.75 Å². The fraction of sp³-hybridized carbons (Fsp3) is 0.538. The Morgan fingerprint density at radius 3 is 2.75 bits per heavy atom. The molecular formula is C13H21NO2. The molecule has 0 amide bonds. The highest BCUT2D eigenvalue weighted by molar-refractivity contribution is 5.32. The van der Waals surface area contributed by atoms with Gasteiger partial charge in [0.2, 0.25) is 0 Å². The molecule has 1 rings (SSSR count). The van der Waals surface area contributed by atoms with E-state index >= 15 is 0 Å². The summed E-state index contributed by atoms with van der Waals surface area (Å²) in [7, 11) is 1.68. The van der Waals surface area contributed by atoms with Crippen LogP contribution in [0.1, 0.15) is 25.3 Å². The average Bonchev–Trinajstić information content (AvgIpc) is 2.34. The number of ether oxygens (including phenoxy) is 1. The van der Waals surface area contributed by atoms with E-state index in [2.05, 4.69) is 18.3 Å². The van der Waals surface area contributed by atoms with Crippen molar-refractivity contribution in [1.82, 2.24) is 5.32 Å². The van der Waals surface area contributed by atoms with Crippen molar-refractivity contribution >= 4 is 0 Å². The molecule has 0 aliphatic heterocycles. The Labute approximate surface area is 97.4 Å². The number of hydrogen-bond acceptors (Lipinski definition) is 3. The second kappa shape index (κ2) is 7.25. The molecule has 0 aliphatic rings. The second-order valence-electron chi connectivity index (χ2n) is 3.81. The molecule has 3 nitrogen and oxygen atoms in total. The van der Waals surface area contributed by atoms with E-state index in [1.807, 2.05) is 18.2 Å². The van der Waals surface area contributed by atoms with E-state index in [1.165, 1.54) is 0 Å². The summed E-state index contributed by atoms with van der Waals surface area (Å²) >= 11 is 0. The summed E-state index contributed by atoms with van der Waals surface area (Å²) in [5.74, 6) is 0.911. The van der Waals surface area contributed by atoms with Gasteiger partial charge in [-0.2, -0.15) is 0 Å². The van der Waals surface area contributed by atoms with Crippen LogP contribution in [-0.4, -0.2) is 24.9 Å². The molecule has 0 saturated carbocycles. The largest absolute Gasteiger partial charge is 0.496 e.